The van der Waals surface area contributed by atoms with Gasteiger partial charge in [0.05, 0.1) is 6.10 Å². The number of hydrogen-bond acceptors (Lipinski definition) is 2. The van der Waals surface area contributed by atoms with Crippen LogP contribution in [0.1, 0.15) is 45.3 Å². The first-order valence-electron chi connectivity index (χ1n) is 6.73. The number of halogens is 1. The van der Waals surface area contributed by atoms with Gasteiger partial charge in [-0.2, -0.15) is 0 Å². The van der Waals surface area contributed by atoms with Crippen LogP contribution in [0.2, 0.25) is 0 Å². The Morgan fingerprint density at radius 1 is 1.39 bits per heavy atom. The molecule has 1 aliphatic rings. The van der Waals surface area contributed by atoms with Gasteiger partial charge in [0, 0.05) is 23.8 Å². The largest absolute Gasteiger partial charge is 0.389 e. The minimum atomic E-state index is -0.637. The van der Waals surface area contributed by atoms with Crippen molar-refractivity contribution < 1.29 is 9.50 Å². The van der Waals surface area contributed by atoms with Crippen LogP contribution in [0, 0.1) is 11.7 Å². The summed E-state index contributed by atoms with van der Waals surface area (Å²) in [5.74, 6) is 0.458. The molecule has 0 spiro atoms. The first kappa shape index (κ1) is 13.3. The van der Waals surface area contributed by atoms with Crippen molar-refractivity contribution in [1.29, 1.82) is 0 Å². The van der Waals surface area contributed by atoms with Crippen LogP contribution in [0.3, 0.4) is 0 Å². The van der Waals surface area contributed by atoms with E-state index in [0.717, 1.165) is 31.0 Å². The highest BCUT2D eigenvalue weighted by Gasteiger charge is 2.25. The molecule has 0 aromatic heterocycles. The van der Waals surface area contributed by atoms with E-state index in [2.05, 4.69) is 18.7 Å². The van der Waals surface area contributed by atoms with E-state index >= 15 is 0 Å². The van der Waals surface area contributed by atoms with Crippen molar-refractivity contribution in [2.24, 2.45) is 5.92 Å². The lowest BCUT2D eigenvalue weighted by Crippen LogP contribution is -2.40. The molecule has 1 saturated heterocycles. The zero-order chi connectivity index (χ0) is 13.3. The molecule has 2 rings (SSSR count). The summed E-state index contributed by atoms with van der Waals surface area (Å²) < 4.78 is 13.3. The van der Waals surface area contributed by atoms with E-state index < -0.39 is 6.10 Å². The normalized spacial score (nSPS) is 26.2. The molecule has 18 heavy (non-hydrogen) atoms. The van der Waals surface area contributed by atoms with Crippen LogP contribution >= 0.6 is 0 Å². The summed E-state index contributed by atoms with van der Waals surface area (Å²) in [5, 5.41) is 9.80. The number of benzene rings is 1. The van der Waals surface area contributed by atoms with Gasteiger partial charge in [-0.15, -0.1) is 0 Å². The Morgan fingerprint density at radius 2 is 2.11 bits per heavy atom. The van der Waals surface area contributed by atoms with Gasteiger partial charge in [0.1, 0.15) is 5.82 Å². The maximum atomic E-state index is 13.3. The van der Waals surface area contributed by atoms with Crippen molar-refractivity contribution in [3.8, 4) is 0 Å². The highest BCUT2D eigenvalue weighted by molar-refractivity contribution is 5.55. The number of nitrogens with zero attached hydrogens (tertiary/aromatic N) is 1. The fraction of sp³-hybridized carbons (Fsp3) is 0.600. The maximum Gasteiger partial charge on any atom is 0.123 e. The molecule has 1 aromatic carbocycles. The lowest BCUT2D eigenvalue weighted by molar-refractivity contribution is 0.198. The van der Waals surface area contributed by atoms with E-state index in [9.17, 15) is 9.50 Å². The van der Waals surface area contributed by atoms with E-state index in [4.69, 9.17) is 0 Å². The SMILES string of the molecule is CC1CCN(c2ccc(F)cc2C(C)O)C(C)C1. The monoisotopic (exact) mass is 251 g/mol. The second-order valence-corrected chi connectivity index (χ2v) is 5.55. The molecule has 0 saturated carbocycles. The number of hydrogen-bond donors (Lipinski definition) is 1. The average molecular weight is 251 g/mol. The van der Waals surface area contributed by atoms with E-state index in [-0.39, 0.29) is 5.82 Å². The summed E-state index contributed by atoms with van der Waals surface area (Å²) in [6.45, 7) is 7.14. The summed E-state index contributed by atoms with van der Waals surface area (Å²) in [5.41, 5.74) is 1.67. The summed E-state index contributed by atoms with van der Waals surface area (Å²) in [6.07, 6.45) is 1.67. The molecule has 100 valence electrons. The van der Waals surface area contributed by atoms with Crippen molar-refractivity contribution in [2.75, 3.05) is 11.4 Å². The van der Waals surface area contributed by atoms with Crippen LogP contribution in [-0.2, 0) is 0 Å². The molecule has 3 heteroatoms. The fourth-order valence-electron chi connectivity index (χ4n) is 2.89. The van der Waals surface area contributed by atoms with Crippen LogP contribution in [0.25, 0.3) is 0 Å². The van der Waals surface area contributed by atoms with Gasteiger partial charge in [-0.05, 0) is 50.8 Å². The van der Waals surface area contributed by atoms with E-state index in [1.54, 1.807) is 13.0 Å². The summed E-state index contributed by atoms with van der Waals surface area (Å²) in [4.78, 5) is 2.29. The van der Waals surface area contributed by atoms with Crippen molar-refractivity contribution in [3.63, 3.8) is 0 Å². The topological polar surface area (TPSA) is 23.5 Å². The summed E-state index contributed by atoms with van der Waals surface area (Å²) >= 11 is 0. The van der Waals surface area contributed by atoms with E-state index in [0.29, 0.717) is 11.6 Å². The van der Waals surface area contributed by atoms with Crippen LogP contribution in [-0.4, -0.2) is 17.7 Å². The molecule has 1 N–H and O–H groups in total. The van der Waals surface area contributed by atoms with Gasteiger partial charge in [0.25, 0.3) is 0 Å². The van der Waals surface area contributed by atoms with Crippen LogP contribution < -0.4 is 4.90 Å². The number of aliphatic hydroxyl groups is 1. The first-order valence-corrected chi connectivity index (χ1v) is 6.73. The maximum absolute atomic E-state index is 13.3. The molecule has 0 bridgehead atoms. The molecule has 0 radical (unpaired) electrons. The van der Waals surface area contributed by atoms with Crippen molar-refractivity contribution in [2.45, 2.75) is 45.8 Å². The third-order valence-corrected chi connectivity index (χ3v) is 3.89. The van der Waals surface area contributed by atoms with Gasteiger partial charge in [-0.1, -0.05) is 6.92 Å². The molecule has 1 aliphatic heterocycles. The Labute approximate surface area is 108 Å². The fourth-order valence-corrected chi connectivity index (χ4v) is 2.89. The molecule has 0 aliphatic carbocycles. The summed E-state index contributed by atoms with van der Waals surface area (Å²) in [6, 6.07) is 5.16. The van der Waals surface area contributed by atoms with Crippen LogP contribution in [0.4, 0.5) is 10.1 Å². The quantitative estimate of drug-likeness (QED) is 0.869. The van der Waals surface area contributed by atoms with Gasteiger partial charge in [0.2, 0.25) is 0 Å². The summed E-state index contributed by atoms with van der Waals surface area (Å²) in [7, 11) is 0. The predicted octanol–water partition coefficient (Wildman–Crippen LogP) is 3.50. The molecule has 2 nitrogen and oxygen atoms in total. The first-order chi connectivity index (χ1) is 8.49. The minimum Gasteiger partial charge on any atom is -0.389 e. The minimum absolute atomic E-state index is 0.285. The van der Waals surface area contributed by atoms with E-state index in [1.807, 2.05) is 0 Å². The van der Waals surface area contributed by atoms with Gasteiger partial charge in [-0.25, -0.2) is 4.39 Å². The van der Waals surface area contributed by atoms with E-state index in [1.165, 1.54) is 12.1 Å². The zero-order valence-electron chi connectivity index (χ0n) is 11.4. The predicted molar refractivity (Wildman–Crippen MR) is 72.2 cm³/mol. The molecule has 1 aromatic rings. The molecular formula is C15H22FNO. The number of piperidine rings is 1. The Hall–Kier alpha value is -1.09. The third-order valence-electron chi connectivity index (χ3n) is 3.89. The highest BCUT2D eigenvalue weighted by Crippen LogP contribution is 2.33. The average Bonchev–Trinajstić information content (AvgIpc) is 2.29. The lowest BCUT2D eigenvalue weighted by Gasteiger charge is -2.39. The van der Waals surface area contributed by atoms with Gasteiger partial charge in [-0.3, -0.25) is 0 Å². The van der Waals surface area contributed by atoms with Crippen molar-refractivity contribution >= 4 is 5.69 Å². The number of anilines is 1. The molecule has 0 amide bonds. The van der Waals surface area contributed by atoms with Crippen molar-refractivity contribution in [1.82, 2.24) is 0 Å². The third kappa shape index (κ3) is 2.66. The second kappa shape index (κ2) is 5.27. The van der Waals surface area contributed by atoms with Crippen molar-refractivity contribution in [3.05, 3.63) is 29.6 Å². The molecular weight excluding hydrogens is 229 g/mol. The van der Waals surface area contributed by atoms with Crippen LogP contribution in [0.5, 0.6) is 0 Å². The smallest absolute Gasteiger partial charge is 0.123 e. The standard InChI is InChI=1S/C15H22FNO/c1-10-6-7-17(11(2)8-10)15-5-4-13(16)9-14(15)12(3)18/h4-5,9-12,18H,6-8H2,1-3H3. The van der Waals surface area contributed by atoms with Crippen LogP contribution in [0.15, 0.2) is 18.2 Å². The van der Waals surface area contributed by atoms with Gasteiger partial charge >= 0.3 is 0 Å². The van der Waals surface area contributed by atoms with Gasteiger partial charge in [0.15, 0.2) is 0 Å². The number of rotatable bonds is 2. The molecule has 1 fully saturated rings. The second-order valence-electron chi connectivity index (χ2n) is 5.55. The highest BCUT2D eigenvalue weighted by atomic mass is 19.1. The Kier molecular flexibility index (Phi) is 3.91. The molecule has 1 heterocycles. The Balaban J connectivity index is 2.32. The Bertz CT molecular complexity index is 419. The van der Waals surface area contributed by atoms with Gasteiger partial charge < -0.3 is 10.0 Å². The lowest BCUT2D eigenvalue weighted by atomic mass is 9.92. The zero-order valence-corrected chi connectivity index (χ0v) is 11.4. The molecule has 3 unspecified atom stereocenters. The Morgan fingerprint density at radius 3 is 2.72 bits per heavy atom. The molecule has 3 atom stereocenters. The number of aliphatic hydroxyl groups excluding tert-OH is 1.